The summed E-state index contributed by atoms with van der Waals surface area (Å²) in [6.45, 7) is 0.163. The van der Waals surface area contributed by atoms with Gasteiger partial charge < -0.3 is 5.32 Å². The average molecular weight is 341 g/mol. The minimum atomic E-state index is -0.280. The van der Waals surface area contributed by atoms with Crippen molar-refractivity contribution in [1.29, 1.82) is 0 Å². The van der Waals surface area contributed by atoms with Gasteiger partial charge in [-0.25, -0.2) is 4.68 Å². The average Bonchev–Trinajstić information content (AvgIpc) is 2.95. The fourth-order valence-electron chi connectivity index (χ4n) is 3.26. The van der Waals surface area contributed by atoms with Gasteiger partial charge in [-0.1, -0.05) is 41.1 Å². The van der Waals surface area contributed by atoms with E-state index in [4.69, 9.17) is 11.6 Å². The summed E-state index contributed by atoms with van der Waals surface area (Å²) in [6, 6.07) is 15.4. The maximum Gasteiger partial charge on any atom is 0.242 e. The van der Waals surface area contributed by atoms with E-state index in [9.17, 15) is 4.79 Å². The quantitative estimate of drug-likeness (QED) is 0.793. The molecule has 1 aromatic heterocycles. The SMILES string of the molecule is O=C(Cn1nnc2ccccc21)NC1(c2ccc(Cl)cc2)CCC1. The summed E-state index contributed by atoms with van der Waals surface area (Å²) in [5.74, 6) is -0.0553. The summed E-state index contributed by atoms with van der Waals surface area (Å²) in [4.78, 5) is 12.6. The van der Waals surface area contributed by atoms with Crippen LogP contribution in [-0.2, 0) is 16.9 Å². The second-order valence-electron chi connectivity index (χ2n) is 6.23. The van der Waals surface area contributed by atoms with Crippen LogP contribution in [0.15, 0.2) is 48.5 Å². The van der Waals surface area contributed by atoms with Gasteiger partial charge in [-0.2, -0.15) is 0 Å². The summed E-state index contributed by atoms with van der Waals surface area (Å²) in [6.07, 6.45) is 2.99. The molecule has 0 unspecified atom stereocenters. The fraction of sp³-hybridized carbons (Fsp3) is 0.278. The van der Waals surface area contributed by atoms with Crippen LogP contribution < -0.4 is 5.32 Å². The maximum atomic E-state index is 12.6. The molecule has 0 spiro atoms. The molecular weight excluding hydrogens is 324 g/mol. The Balaban J connectivity index is 1.53. The minimum absolute atomic E-state index is 0.0553. The van der Waals surface area contributed by atoms with Crippen LogP contribution in [-0.4, -0.2) is 20.9 Å². The normalized spacial score (nSPS) is 15.9. The first-order valence-electron chi connectivity index (χ1n) is 8.02. The number of rotatable bonds is 4. The molecule has 6 heteroatoms. The molecule has 0 aliphatic heterocycles. The lowest BCUT2D eigenvalue weighted by Crippen LogP contribution is -2.51. The van der Waals surface area contributed by atoms with Crippen LogP contribution in [0.1, 0.15) is 24.8 Å². The molecule has 1 saturated carbocycles. The summed E-state index contributed by atoms with van der Waals surface area (Å²) in [7, 11) is 0. The van der Waals surface area contributed by atoms with Gasteiger partial charge in [-0.15, -0.1) is 5.10 Å². The van der Waals surface area contributed by atoms with Gasteiger partial charge in [-0.05, 0) is 49.1 Å². The van der Waals surface area contributed by atoms with Crippen molar-refractivity contribution in [2.75, 3.05) is 0 Å². The summed E-state index contributed by atoms with van der Waals surface area (Å²) in [5, 5.41) is 12.1. The minimum Gasteiger partial charge on any atom is -0.345 e. The Morgan fingerprint density at radius 2 is 1.92 bits per heavy atom. The predicted molar refractivity (Wildman–Crippen MR) is 92.7 cm³/mol. The highest BCUT2D eigenvalue weighted by molar-refractivity contribution is 6.30. The van der Waals surface area contributed by atoms with Gasteiger partial charge in [0, 0.05) is 5.02 Å². The van der Waals surface area contributed by atoms with Crippen molar-refractivity contribution >= 4 is 28.5 Å². The Morgan fingerprint density at radius 1 is 1.17 bits per heavy atom. The van der Waals surface area contributed by atoms with Gasteiger partial charge in [0.15, 0.2) is 0 Å². The second kappa shape index (κ2) is 5.91. The van der Waals surface area contributed by atoms with E-state index in [1.165, 1.54) is 0 Å². The van der Waals surface area contributed by atoms with E-state index in [-0.39, 0.29) is 18.0 Å². The van der Waals surface area contributed by atoms with E-state index >= 15 is 0 Å². The Labute approximate surface area is 144 Å². The molecule has 1 aliphatic rings. The zero-order valence-electron chi connectivity index (χ0n) is 13.1. The van der Waals surface area contributed by atoms with Crippen LogP contribution >= 0.6 is 11.6 Å². The molecule has 1 amide bonds. The standard InChI is InChI=1S/C18H17ClN4O/c19-14-8-6-13(7-9-14)18(10-3-11-18)20-17(24)12-23-16-5-2-1-4-15(16)21-22-23/h1-2,4-9H,3,10-12H2,(H,20,24). The number of hydrogen-bond donors (Lipinski definition) is 1. The molecule has 1 N–H and O–H groups in total. The number of nitrogens with one attached hydrogen (secondary N) is 1. The Kier molecular flexibility index (Phi) is 3.73. The Bertz CT molecular complexity index is 883. The van der Waals surface area contributed by atoms with E-state index in [1.807, 2.05) is 48.5 Å². The first-order valence-corrected chi connectivity index (χ1v) is 8.39. The van der Waals surface area contributed by atoms with Gasteiger partial charge in [0.1, 0.15) is 12.1 Å². The third-order valence-electron chi connectivity index (χ3n) is 4.70. The number of fused-ring (bicyclic) bond motifs is 1. The summed E-state index contributed by atoms with van der Waals surface area (Å²) >= 11 is 5.97. The van der Waals surface area contributed by atoms with Crippen LogP contribution in [0.2, 0.25) is 5.02 Å². The molecule has 24 heavy (non-hydrogen) atoms. The van der Waals surface area contributed by atoms with Crippen LogP contribution in [0.3, 0.4) is 0 Å². The number of hydrogen-bond acceptors (Lipinski definition) is 3. The Morgan fingerprint density at radius 3 is 2.62 bits per heavy atom. The summed E-state index contributed by atoms with van der Waals surface area (Å²) in [5.41, 5.74) is 2.48. The number of nitrogens with zero attached hydrogens (tertiary/aromatic N) is 3. The number of carbonyl (C=O) groups excluding carboxylic acids is 1. The maximum absolute atomic E-state index is 12.6. The lowest BCUT2D eigenvalue weighted by atomic mass is 9.72. The van der Waals surface area contributed by atoms with Crippen molar-refractivity contribution in [3.8, 4) is 0 Å². The van der Waals surface area contributed by atoms with E-state index in [0.717, 1.165) is 35.9 Å². The van der Waals surface area contributed by atoms with Gasteiger partial charge in [0.2, 0.25) is 5.91 Å². The van der Waals surface area contributed by atoms with Crippen molar-refractivity contribution < 1.29 is 4.79 Å². The predicted octanol–water partition coefficient (Wildman–Crippen LogP) is 3.28. The number of halogens is 1. The smallest absolute Gasteiger partial charge is 0.242 e. The molecule has 0 bridgehead atoms. The van der Waals surface area contributed by atoms with Gasteiger partial charge >= 0.3 is 0 Å². The third kappa shape index (κ3) is 2.65. The first-order chi connectivity index (χ1) is 11.7. The first kappa shape index (κ1) is 15.1. The molecule has 0 radical (unpaired) electrons. The van der Waals surface area contributed by atoms with Crippen molar-refractivity contribution in [3.63, 3.8) is 0 Å². The highest BCUT2D eigenvalue weighted by atomic mass is 35.5. The van der Waals surface area contributed by atoms with E-state index in [2.05, 4.69) is 15.6 Å². The molecule has 4 rings (SSSR count). The molecule has 0 saturated heterocycles. The molecule has 3 aromatic rings. The number of carbonyl (C=O) groups is 1. The van der Waals surface area contributed by atoms with Crippen LogP contribution in [0, 0.1) is 0 Å². The topological polar surface area (TPSA) is 59.8 Å². The molecule has 0 atom stereocenters. The van der Waals surface area contributed by atoms with E-state index in [0.29, 0.717) is 5.02 Å². The second-order valence-corrected chi connectivity index (χ2v) is 6.66. The van der Waals surface area contributed by atoms with Gasteiger partial charge in [0.05, 0.1) is 11.1 Å². The highest BCUT2D eigenvalue weighted by Crippen LogP contribution is 2.41. The Hall–Kier alpha value is -2.40. The molecular formula is C18H17ClN4O. The summed E-state index contributed by atoms with van der Waals surface area (Å²) < 4.78 is 1.64. The molecule has 1 aliphatic carbocycles. The largest absolute Gasteiger partial charge is 0.345 e. The molecule has 122 valence electrons. The highest BCUT2D eigenvalue weighted by Gasteiger charge is 2.40. The molecule has 5 nitrogen and oxygen atoms in total. The van der Waals surface area contributed by atoms with Gasteiger partial charge in [0.25, 0.3) is 0 Å². The molecule has 2 aromatic carbocycles. The number of aromatic nitrogens is 3. The van der Waals surface area contributed by atoms with Crippen molar-refractivity contribution in [3.05, 3.63) is 59.1 Å². The monoisotopic (exact) mass is 340 g/mol. The van der Waals surface area contributed by atoms with Crippen molar-refractivity contribution in [2.45, 2.75) is 31.3 Å². The van der Waals surface area contributed by atoms with Crippen molar-refractivity contribution in [1.82, 2.24) is 20.3 Å². The number of amides is 1. The van der Waals surface area contributed by atoms with E-state index in [1.54, 1.807) is 4.68 Å². The van der Waals surface area contributed by atoms with Gasteiger partial charge in [-0.3, -0.25) is 4.79 Å². The zero-order chi connectivity index (χ0) is 16.6. The van der Waals surface area contributed by atoms with Crippen LogP contribution in [0.4, 0.5) is 0 Å². The zero-order valence-corrected chi connectivity index (χ0v) is 13.8. The van der Waals surface area contributed by atoms with E-state index < -0.39 is 0 Å². The molecule has 1 heterocycles. The number of benzene rings is 2. The number of para-hydroxylation sites is 1. The van der Waals surface area contributed by atoms with Crippen LogP contribution in [0.25, 0.3) is 11.0 Å². The van der Waals surface area contributed by atoms with Crippen LogP contribution in [0.5, 0.6) is 0 Å². The lowest BCUT2D eigenvalue weighted by molar-refractivity contribution is -0.125. The fourth-order valence-corrected chi connectivity index (χ4v) is 3.39. The van der Waals surface area contributed by atoms with Crippen molar-refractivity contribution in [2.24, 2.45) is 0 Å². The third-order valence-corrected chi connectivity index (χ3v) is 4.95. The molecule has 1 fully saturated rings. The lowest BCUT2D eigenvalue weighted by Gasteiger charge is -2.43.